The van der Waals surface area contributed by atoms with Crippen molar-refractivity contribution in [2.24, 2.45) is 10.1 Å². The third kappa shape index (κ3) is 7.30. The number of carbonyl (C=O) groups is 2. The molecule has 4 aromatic rings. The van der Waals surface area contributed by atoms with Crippen molar-refractivity contribution in [2.75, 3.05) is 17.8 Å². The second-order valence-electron chi connectivity index (χ2n) is 9.20. The predicted molar refractivity (Wildman–Crippen MR) is 159 cm³/mol. The Morgan fingerprint density at radius 1 is 1.09 bits per heavy atom. The smallest absolute Gasteiger partial charge is 0.406 e. The van der Waals surface area contributed by atoms with Gasteiger partial charge in [0, 0.05) is 18.2 Å². The average Bonchev–Trinajstić information content (AvgIpc) is 3.64. The van der Waals surface area contributed by atoms with Crippen LogP contribution in [0, 0.1) is 0 Å². The van der Waals surface area contributed by atoms with E-state index in [4.69, 9.17) is 4.74 Å². The zero-order chi connectivity index (χ0) is 31.3. The van der Waals surface area contributed by atoms with Gasteiger partial charge in [-0.2, -0.15) is 10.1 Å². The summed E-state index contributed by atoms with van der Waals surface area (Å²) >= 11 is 1.15. The first-order valence-electron chi connectivity index (χ1n) is 13.0. The topological polar surface area (TPSA) is 123 Å². The van der Waals surface area contributed by atoms with Gasteiger partial charge in [0.05, 0.1) is 29.4 Å². The first-order valence-corrected chi connectivity index (χ1v) is 14.0. The second-order valence-corrected chi connectivity index (χ2v) is 10.1. The second kappa shape index (κ2) is 13.1. The van der Waals surface area contributed by atoms with Gasteiger partial charge in [-0.25, -0.2) is 19.9 Å². The Labute approximate surface area is 253 Å². The number of hydrazone groups is 1. The number of hydrogen-bond donors (Lipinski definition) is 1. The van der Waals surface area contributed by atoms with Gasteiger partial charge in [-0.15, -0.1) is 18.3 Å². The van der Waals surface area contributed by atoms with Crippen molar-refractivity contribution in [3.63, 3.8) is 0 Å². The van der Waals surface area contributed by atoms with Crippen molar-refractivity contribution < 1.29 is 32.2 Å². The zero-order valence-electron chi connectivity index (χ0n) is 23.2. The van der Waals surface area contributed by atoms with Gasteiger partial charge in [0.15, 0.2) is 11.0 Å². The van der Waals surface area contributed by atoms with Gasteiger partial charge in [-0.1, -0.05) is 54.2 Å². The lowest BCUT2D eigenvalue weighted by atomic mass is 10.1. The first kappa shape index (κ1) is 30.4. The number of amides is 3. The first-order chi connectivity index (χ1) is 21.1. The molecule has 0 aliphatic carbocycles. The molecule has 1 aromatic heterocycles. The number of aromatic nitrogens is 3. The molecule has 1 aliphatic rings. The Morgan fingerprint density at radius 3 is 2.52 bits per heavy atom. The molecule has 0 bridgehead atoms. The van der Waals surface area contributed by atoms with E-state index in [9.17, 15) is 22.8 Å². The number of anilines is 1. The number of hydrogen-bond acceptors (Lipinski definition) is 8. The van der Waals surface area contributed by atoms with E-state index in [0.717, 1.165) is 17.3 Å². The van der Waals surface area contributed by atoms with Crippen molar-refractivity contribution >= 4 is 40.8 Å². The molecule has 2 heterocycles. The van der Waals surface area contributed by atoms with Crippen molar-refractivity contribution in [3.8, 4) is 22.8 Å². The number of halogens is 3. The van der Waals surface area contributed by atoms with Gasteiger partial charge in [0.2, 0.25) is 5.91 Å². The van der Waals surface area contributed by atoms with Gasteiger partial charge in [-0.05, 0) is 42.8 Å². The summed E-state index contributed by atoms with van der Waals surface area (Å²) in [7, 11) is 1.58. The number of nitrogens with one attached hydrogen (secondary N) is 1. The molecule has 0 spiro atoms. The van der Waals surface area contributed by atoms with Gasteiger partial charge >= 0.3 is 12.4 Å². The maximum absolute atomic E-state index is 12.7. The summed E-state index contributed by atoms with van der Waals surface area (Å²) in [5.74, 6) is 0.000130. The molecular formula is C29H24F3N7O4S. The molecule has 3 aromatic carbocycles. The molecule has 1 saturated heterocycles. The summed E-state index contributed by atoms with van der Waals surface area (Å²) in [5, 5.41) is 8.56. The van der Waals surface area contributed by atoms with Crippen molar-refractivity contribution in [1.82, 2.24) is 20.2 Å². The zero-order valence-corrected chi connectivity index (χ0v) is 24.0. The Hall–Kier alpha value is -5.02. The van der Waals surface area contributed by atoms with Crippen LogP contribution in [-0.2, 0) is 9.53 Å². The summed E-state index contributed by atoms with van der Waals surface area (Å²) in [4.78, 5) is 34.9. The standard InChI is InChI=1S/C29H24F3N7O4S/c1-18(42-2)23-5-3-4-6-24(23)39-25(40)16-44-28(39)35-27(41)36-34-15-19-7-9-20(10-8-19)26-33-17-38(37-26)21-11-13-22(14-12-21)43-29(30,31)32/h3-15,17-18H,16H2,1-2H3,(H,36,41)/b34-15+,35-28?. The maximum Gasteiger partial charge on any atom is 0.573 e. The lowest BCUT2D eigenvalue weighted by molar-refractivity contribution is -0.274. The Kier molecular flexibility index (Phi) is 9.06. The van der Waals surface area contributed by atoms with Crippen LogP contribution in [0.5, 0.6) is 5.75 Å². The van der Waals surface area contributed by atoms with Crippen LogP contribution in [0.15, 0.2) is 89.2 Å². The Bertz CT molecular complexity index is 1710. The molecule has 5 rings (SSSR count). The van der Waals surface area contributed by atoms with Crippen LogP contribution in [0.1, 0.15) is 24.2 Å². The third-order valence-electron chi connectivity index (χ3n) is 6.30. The summed E-state index contributed by atoms with van der Waals surface area (Å²) in [6.45, 7) is 1.86. The molecule has 44 heavy (non-hydrogen) atoms. The highest BCUT2D eigenvalue weighted by atomic mass is 32.2. The van der Waals surface area contributed by atoms with E-state index in [-0.39, 0.29) is 28.7 Å². The fourth-order valence-electron chi connectivity index (χ4n) is 4.16. The molecule has 3 amide bonds. The average molecular weight is 624 g/mol. The minimum Gasteiger partial charge on any atom is -0.406 e. The summed E-state index contributed by atoms with van der Waals surface area (Å²) < 4.78 is 47.9. The quantitative estimate of drug-likeness (QED) is 0.197. The Balaban J connectivity index is 1.21. The van der Waals surface area contributed by atoms with Crippen molar-refractivity contribution in [2.45, 2.75) is 19.4 Å². The van der Waals surface area contributed by atoms with Gasteiger partial charge in [0.1, 0.15) is 12.1 Å². The van der Waals surface area contributed by atoms with Crippen LogP contribution in [0.3, 0.4) is 0 Å². The highest BCUT2D eigenvalue weighted by molar-refractivity contribution is 8.15. The summed E-state index contributed by atoms with van der Waals surface area (Å²) in [5.41, 5.74) is 5.57. The number of methoxy groups -OCH3 is 1. The van der Waals surface area contributed by atoms with Crippen LogP contribution < -0.4 is 15.1 Å². The number of ether oxygens (including phenoxy) is 2. The lowest BCUT2D eigenvalue weighted by Gasteiger charge is -2.22. The number of rotatable bonds is 8. The van der Waals surface area contributed by atoms with E-state index in [1.165, 1.54) is 46.4 Å². The number of urea groups is 1. The molecule has 0 radical (unpaired) electrons. The number of amidine groups is 1. The number of thioether (sulfide) groups is 1. The molecule has 1 aliphatic heterocycles. The van der Waals surface area contributed by atoms with Crippen LogP contribution in [0.4, 0.5) is 23.7 Å². The van der Waals surface area contributed by atoms with E-state index in [0.29, 0.717) is 28.3 Å². The van der Waals surface area contributed by atoms with E-state index in [1.54, 1.807) is 43.5 Å². The molecule has 1 fully saturated rings. The fraction of sp³-hybridized carbons (Fsp3) is 0.172. The van der Waals surface area contributed by atoms with Crippen LogP contribution >= 0.6 is 11.8 Å². The fourth-order valence-corrected chi connectivity index (χ4v) is 5.01. The molecule has 0 saturated carbocycles. The van der Waals surface area contributed by atoms with E-state index >= 15 is 0 Å². The number of nitrogens with zero attached hydrogens (tertiary/aromatic N) is 6. The summed E-state index contributed by atoms with van der Waals surface area (Å²) in [6, 6.07) is 18.7. The minimum atomic E-state index is -4.77. The van der Waals surface area contributed by atoms with E-state index in [2.05, 4.69) is 30.3 Å². The minimum absolute atomic E-state index is 0.147. The number of aliphatic imine (C=N–C) groups is 1. The van der Waals surface area contributed by atoms with Crippen molar-refractivity contribution in [1.29, 1.82) is 0 Å². The highest BCUT2D eigenvalue weighted by Gasteiger charge is 2.33. The molecule has 1 unspecified atom stereocenters. The number of carbonyl (C=O) groups excluding carboxylic acids is 2. The number of para-hydroxylation sites is 1. The van der Waals surface area contributed by atoms with Gasteiger partial charge in [0.25, 0.3) is 0 Å². The highest BCUT2D eigenvalue weighted by Crippen LogP contribution is 2.33. The Morgan fingerprint density at radius 2 is 1.82 bits per heavy atom. The largest absolute Gasteiger partial charge is 0.573 e. The van der Waals surface area contributed by atoms with Crippen LogP contribution in [-0.4, -0.2) is 57.3 Å². The molecule has 1 N–H and O–H groups in total. The molecule has 226 valence electrons. The van der Waals surface area contributed by atoms with Crippen LogP contribution in [0.2, 0.25) is 0 Å². The normalized spacial score (nSPS) is 15.2. The number of alkyl halides is 3. The number of benzene rings is 3. The van der Waals surface area contributed by atoms with E-state index < -0.39 is 12.4 Å². The summed E-state index contributed by atoms with van der Waals surface area (Å²) in [6.07, 6.45) is -2.17. The van der Waals surface area contributed by atoms with Crippen LogP contribution in [0.25, 0.3) is 17.1 Å². The van der Waals surface area contributed by atoms with Gasteiger partial charge in [-0.3, -0.25) is 9.69 Å². The SMILES string of the molecule is COC(C)c1ccccc1N1C(=O)CSC1=NC(=O)N/N=C/c1ccc(-c2ncn(-c3ccc(OC(F)(F)F)cc3)n2)cc1. The van der Waals surface area contributed by atoms with Gasteiger partial charge < -0.3 is 9.47 Å². The monoisotopic (exact) mass is 623 g/mol. The third-order valence-corrected chi connectivity index (χ3v) is 7.22. The predicted octanol–water partition coefficient (Wildman–Crippen LogP) is 5.72. The maximum atomic E-state index is 12.7. The molecule has 15 heteroatoms. The van der Waals surface area contributed by atoms with E-state index in [1.807, 2.05) is 19.1 Å². The molecule has 1 atom stereocenters. The molecule has 11 nitrogen and oxygen atoms in total. The van der Waals surface area contributed by atoms with Crippen molar-refractivity contribution in [3.05, 3.63) is 90.3 Å². The lowest BCUT2D eigenvalue weighted by Crippen LogP contribution is -2.31. The molecular weight excluding hydrogens is 599 g/mol.